The van der Waals surface area contributed by atoms with Gasteiger partial charge >= 0.3 is 6.03 Å². The second-order valence-corrected chi connectivity index (χ2v) is 5.10. The number of urea groups is 1. The van der Waals surface area contributed by atoms with Gasteiger partial charge in [-0.1, -0.05) is 0 Å². The molecule has 4 atom stereocenters. The van der Waals surface area contributed by atoms with Crippen molar-refractivity contribution in [3.05, 3.63) is 0 Å². The molecule has 0 unspecified atom stereocenters. The molecule has 2 heterocycles. The molecule has 9 nitrogen and oxygen atoms in total. The van der Waals surface area contributed by atoms with Crippen LogP contribution in [0.5, 0.6) is 0 Å². The number of rotatable bonds is 1. The number of imide groups is 1. The number of hydrazine groups is 1. The molecule has 2 rings (SSSR count). The van der Waals surface area contributed by atoms with Crippen molar-refractivity contribution >= 4 is 11.9 Å². The molecular formula is C10H17N3O6. The number of nitrogens with one attached hydrogen (secondary N) is 2. The quantitative estimate of drug-likeness (QED) is 0.351. The fraction of sp³-hybridized carbons (Fsp3) is 0.800. The number of carbonyl (C=O) groups is 2. The van der Waals surface area contributed by atoms with E-state index in [1.807, 2.05) is 0 Å². The number of ether oxygens (including phenoxy) is 1. The van der Waals surface area contributed by atoms with Crippen molar-refractivity contribution in [2.75, 3.05) is 6.61 Å². The van der Waals surface area contributed by atoms with Crippen molar-refractivity contribution in [1.29, 1.82) is 0 Å². The predicted octanol–water partition coefficient (Wildman–Crippen LogP) is -2.74. The van der Waals surface area contributed by atoms with Crippen LogP contribution in [-0.2, 0) is 9.53 Å². The minimum atomic E-state index is -1.46. The van der Waals surface area contributed by atoms with E-state index in [9.17, 15) is 24.9 Å². The molecule has 2 aliphatic rings. The van der Waals surface area contributed by atoms with Crippen LogP contribution in [0.1, 0.15) is 13.8 Å². The summed E-state index contributed by atoms with van der Waals surface area (Å²) in [6, 6.07) is -0.749. The number of hydrogen-bond donors (Lipinski definition) is 5. The molecule has 2 aliphatic heterocycles. The average molecular weight is 275 g/mol. The monoisotopic (exact) mass is 275 g/mol. The third-order valence-electron chi connectivity index (χ3n) is 3.34. The van der Waals surface area contributed by atoms with Gasteiger partial charge in [-0.2, -0.15) is 5.01 Å². The van der Waals surface area contributed by atoms with E-state index in [-0.39, 0.29) is 6.61 Å². The minimum absolute atomic E-state index is 0.215. The van der Waals surface area contributed by atoms with Crippen LogP contribution >= 0.6 is 0 Å². The normalized spacial score (nSPS) is 39.6. The van der Waals surface area contributed by atoms with Crippen molar-refractivity contribution < 1.29 is 29.6 Å². The zero-order chi connectivity index (χ0) is 14.4. The second-order valence-electron chi connectivity index (χ2n) is 5.10. The van der Waals surface area contributed by atoms with E-state index < -0.39 is 42.0 Å². The standard InChI is InChI=1S/C10H17N3O6/c1-10(2)8(17)11-9(18)12-13(10)7-6(16)5(15)4(14)3-19-7/h4-7,14-16H,3H2,1-2H3,(H2,11,12,17,18)/t4-,5-,6-,7-/m1/s1. The Morgan fingerprint density at radius 2 is 1.89 bits per heavy atom. The summed E-state index contributed by atoms with van der Waals surface area (Å²) >= 11 is 0. The minimum Gasteiger partial charge on any atom is -0.388 e. The predicted molar refractivity (Wildman–Crippen MR) is 60.4 cm³/mol. The maximum atomic E-state index is 11.8. The van der Waals surface area contributed by atoms with Gasteiger partial charge in [-0.15, -0.1) is 0 Å². The van der Waals surface area contributed by atoms with Crippen molar-refractivity contribution in [1.82, 2.24) is 15.8 Å². The fourth-order valence-corrected chi connectivity index (χ4v) is 2.04. The molecule has 0 bridgehead atoms. The average Bonchev–Trinajstić information content (AvgIpc) is 2.32. The molecule has 3 amide bonds. The molecule has 0 aromatic heterocycles. The summed E-state index contributed by atoms with van der Waals surface area (Å²) in [5, 5.41) is 32.1. The number of amides is 3. The molecule has 5 N–H and O–H groups in total. The van der Waals surface area contributed by atoms with Crippen molar-refractivity contribution in [2.45, 2.75) is 43.9 Å². The van der Waals surface area contributed by atoms with Gasteiger partial charge in [-0.05, 0) is 13.8 Å². The number of nitrogens with zero attached hydrogens (tertiary/aromatic N) is 1. The van der Waals surface area contributed by atoms with Gasteiger partial charge in [0.1, 0.15) is 23.9 Å². The van der Waals surface area contributed by atoms with Crippen molar-refractivity contribution in [3.63, 3.8) is 0 Å². The summed E-state index contributed by atoms with van der Waals surface area (Å²) in [5.41, 5.74) is 1.18. The molecule has 0 aliphatic carbocycles. The van der Waals surface area contributed by atoms with Crippen molar-refractivity contribution in [3.8, 4) is 0 Å². The van der Waals surface area contributed by atoms with Crippen LogP contribution in [0.2, 0.25) is 0 Å². The molecule has 2 saturated heterocycles. The van der Waals surface area contributed by atoms with Gasteiger partial charge in [0.2, 0.25) is 5.91 Å². The third kappa shape index (κ3) is 2.30. The molecule has 9 heteroatoms. The maximum absolute atomic E-state index is 11.8. The molecule has 0 saturated carbocycles. The second kappa shape index (κ2) is 4.69. The Kier molecular flexibility index (Phi) is 3.49. The molecule has 19 heavy (non-hydrogen) atoms. The number of carbonyl (C=O) groups excluding carboxylic acids is 2. The van der Waals surface area contributed by atoms with Gasteiger partial charge in [0.15, 0.2) is 6.23 Å². The largest absolute Gasteiger partial charge is 0.388 e. The first-order valence-electron chi connectivity index (χ1n) is 5.82. The summed E-state index contributed by atoms with van der Waals surface area (Å²) in [6.45, 7) is 2.83. The molecule has 0 radical (unpaired) electrons. The zero-order valence-corrected chi connectivity index (χ0v) is 10.5. The first-order chi connectivity index (χ1) is 8.75. The van der Waals surface area contributed by atoms with E-state index in [1.54, 1.807) is 0 Å². The smallest absolute Gasteiger partial charge is 0.336 e. The number of aliphatic hydroxyl groups is 3. The summed E-state index contributed by atoms with van der Waals surface area (Å²) in [5.74, 6) is -0.562. The molecule has 0 spiro atoms. The summed E-state index contributed by atoms with van der Waals surface area (Å²) < 4.78 is 5.22. The lowest BCUT2D eigenvalue weighted by Gasteiger charge is -2.48. The number of hydrogen-bond acceptors (Lipinski definition) is 7. The number of aliphatic hydroxyl groups excluding tert-OH is 3. The highest BCUT2D eigenvalue weighted by molar-refractivity contribution is 6.01. The Balaban J connectivity index is 2.24. The van der Waals surface area contributed by atoms with Gasteiger partial charge in [0.25, 0.3) is 0 Å². The first kappa shape index (κ1) is 14.2. The van der Waals surface area contributed by atoms with Gasteiger partial charge in [0.05, 0.1) is 6.61 Å². The van der Waals surface area contributed by atoms with E-state index in [0.717, 1.165) is 5.01 Å². The van der Waals surface area contributed by atoms with Gasteiger partial charge in [-0.25, -0.2) is 4.79 Å². The lowest BCUT2D eigenvalue weighted by atomic mass is 9.98. The van der Waals surface area contributed by atoms with Crippen LogP contribution in [0, 0.1) is 0 Å². The SMILES string of the molecule is CC1(C)C(=O)NC(=O)NN1[C@@H]1OC[C@@H](O)[C@@H](O)[C@H]1O. The maximum Gasteiger partial charge on any atom is 0.336 e. The molecule has 2 fully saturated rings. The van der Waals surface area contributed by atoms with Crippen LogP contribution in [-0.4, -0.2) is 69.0 Å². The Hall–Kier alpha value is -1.26. The Bertz CT molecular complexity index is 401. The van der Waals surface area contributed by atoms with Crippen LogP contribution in [0.4, 0.5) is 4.79 Å². The lowest BCUT2D eigenvalue weighted by molar-refractivity contribution is -0.250. The highest BCUT2D eigenvalue weighted by Crippen LogP contribution is 2.25. The fourth-order valence-electron chi connectivity index (χ4n) is 2.04. The van der Waals surface area contributed by atoms with Gasteiger partial charge < -0.3 is 20.1 Å². The van der Waals surface area contributed by atoms with E-state index in [1.165, 1.54) is 13.8 Å². The lowest BCUT2D eigenvalue weighted by Crippen LogP contribution is -2.75. The highest BCUT2D eigenvalue weighted by Gasteiger charge is 2.50. The molecular weight excluding hydrogens is 258 g/mol. The Morgan fingerprint density at radius 1 is 1.26 bits per heavy atom. The summed E-state index contributed by atoms with van der Waals surface area (Å²) in [6.07, 6.45) is -5.24. The van der Waals surface area contributed by atoms with Crippen molar-refractivity contribution in [2.24, 2.45) is 0 Å². The molecule has 0 aromatic rings. The van der Waals surface area contributed by atoms with Crippen LogP contribution < -0.4 is 10.7 Å². The Labute approximate surface area is 109 Å². The highest BCUT2D eigenvalue weighted by atomic mass is 16.5. The van der Waals surface area contributed by atoms with Crippen LogP contribution in [0.15, 0.2) is 0 Å². The summed E-state index contributed by atoms with van der Waals surface area (Å²) in [4.78, 5) is 23.1. The first-order valence-corrected chi connectivity index (χ1v) is 5.82. The van der Waals surface area contributed by atoms with E-state index >= 15 is 0 Å². The van der Waals surface area contributed by atoms with E-state index in [2.05, 4.69) is 10.7 Å². The Morgan fingerprint density at radius 3 is 2.53 bits per heavy atom. The van der Waals surface area contributed by atoms with Crippen LogP contribution in [0.25, 0.3) is 0 Å². The summed E-state index contributed by atoms with van der Waals surface area (Å²) in [7, 11) is 0. The third-order valence-corrected chi connectivity index (χ3v) is 3.34. The van der Waals surface area contributed by atoms with E-state index in [0.29, 0.717) is 0 Å². The molecule has 0 aromatic carbocycles. The van der Waals surface area contributed by atoms with E-state index in [4.69, 9.17) is 4.74 Å². The van der Waals surface area contributed by atoms with Gasteiger partial charge in [-0.3, -0.25) is 15.5 Å². The van der Waals surface area contributed by atoms with Gasteiger partial charge in [0, 0.05) is 0 Å². The topological polar surface area (TPSA) is 131 Å². The molecule has 108 valence electrons. The van der Waals surface area contributed by atoms with Crippen LogP contribution in [0.3, 0.4) is 0 Å². The zero-order valence-electron chi connectivity index (χ0n) is 10.5.